The van der Waals surface area contributed by atoms with Crippen LogP contribution in [0.4, 0.5) is 0 Å². The SMILES string of the molecule is c1ccc(-c2nc(-c3ccc4ccccc4c3)nc(-c3cccc4c3sc3cc(-n5c6ccccc6c6c7ccccc7ccc65)ccc34)n2)cc1. The first kappa shape index (κ1) is 29.1. The van der Waals surface area contributed by atoms with E-state index in [1.165, 1.54) is 53.4 Å². The third kappa shape index (κ3) is 4.50. The second kappa shape index (κ2) is 11.4. The monoisotopic (exact) mass is 680 g/mol. The second-order valence-corrected chi connectivity index (χ2v) is 14.3. The molecule has 0 spiro atoms. The van der Waals surface area contributed by atoms with Gasteiger partial charge in [0.2, 0.25) is 0 Å². The molecular weight excluding hydrogens is 653 g/mol. The van der Waals surface area contributed by atoms with Gasteiger partial charge in [-0.05, 0) is 57.9 Å². The standard InChI is InChI=1S/C47H28N4S/c1-2-13-31(14-3-1)45-48-46(33-22-21-29-11-4-5-15-32(29)27-33)50-47(49-45)39-19-10-18-37-36-25-24-34(28-42(36)52-44(37)39)51-40-20-9-8-17-38(40)43-35-16-7-6-12-30(35)23-26-41(43)51/h1-28H. The Bertz CT molecular complexity index is 3190. The first-order valence-corrected chi connectivity index (χ1v) is 18.3. The van der Waals surface area contributed by atoms with Gasteiger partial charge in [-0.3, -0.25) is 0 Å². The number of para-hydroxylation sites is 1. The van der Waals surface area contributed by atoms with Crippen LogP contribution in [0.5, 0.6) is 0 Å². The molecule has 8 aromatic carbocycles. The highest BCUT2D eigenvalue weighted by atomic mass is 32.1. The number of nitrogens with zero attached hydrogens (tertiary/aromatic N) is 4. The summed E-state index contributed by atoms with van der Waals surface area (Å²) in [7, 11) is 0. The van der Waals surface area contributed by atoms with Crippen LogP contribution in [0.3, 0.4) is 0 Å². The fourth-order valence-corrected chi connectivity index (χ4v) is 9.03. The van der Waals surface area contributed by atoms with E-state index in [2.05, 4.69) is 156 Å². The van der Waals surface area contributed by atoms with Crippen LogP contribution in [-0.4, -0.2) is 19.5 Å². The summed E-state index contributed by atoms with van der Waals surface area (Å²) < 4.78 is 4.80. The van der Waals surface area contributed by atoms with Crippen molar-refractivity contribution in [1.29, 1.82) is 0 Å². The van der Waals surface area contributed by atoms with Crippen LogP contribution in [0.15, 0.2) is 170 Å². The zero-order chi connectivity index (χ0) is 34.2. The van der Waals surface area contributed by atoms with Crippen LogP contribution < -0.4 is 0 Å². The average molecular weight is 681 g/mol. The molecule has 0 fully saturated rings. The van der Waals surface area contributed by atoms with E-state index >= 15 is 0 Å². The second-order valence-electron chi connectivity index (χ2n) is 13.2. The molecular formula is C47H28N4S. The van der Waals surface area contributed by atoms with Crippen molar-refractivity contribution >= 4 is 74.9 Å². The molecule has 0 atom stereocenters. The zero-order valence-electron chi connectivity index (χ0n) is 27.9. The van der Waals surface area contributed by atoms with E-state index in [1.54, 1.807) is 11.3 Å². The summed E-state index contributed by atoms with van der Waals surface area (Å²) >= 11 is 1.80. The van der Waals surface area contributed by atoms with Gasteiger partial charge in [0, 0.05) is 53.3 Å². The van der Waals surface area contributed by atoms with Crippen LogP contribution in [0, 0.1) is 0 Å². The molecule has 0 N–H and O–H groups in total. The lowest BCUT2D eigenvalue weighted by Gasteiger charge is -2.09. The molecule has 0 aliphatic carbocycles. The van der Waals surface area contributed by atoms with Gasteiger partial charge >= 0.3 is 0 Å². The Kier molecular flexibility index (Phi) is 6.39. The minimum atomic E-state index is 0.660. The van der Waals surface area contributed by atoms with Crippen LogP contribution in [0.1, 0.15) is 0 Å². The quantitative estimate of drug-likeness (QED) is 0.186. The normalized spacial score (nSPS) is 11.8. The molecule has 0 saturated heterocycles. The van der Waals surface area contributed by atoms with Gasteiger partial charge in [-0.25, -0.2) is 15.0 Å². The fourth-order valence-electron chi connectivity index (χ4n) is 7.79. The molecule has 0 saturated carbocycles. The lowest BCUT2D eigenvalue weighted by Crippen LogP contribution is -2.00. The van der Waals surface area contributed by atoms with E-state index in [0.29, 0.717) is 17.5 Å². The number of benzene rings is 8. The molecule has 3 heterocycles. The molecule has 0 aliphatic rings. The van der Waals surface area contributed by atoms with Gasteiger partial charge in [-0.2, -0.15) is 0 Å². The molecule has 242 valence electrons. The first-order chi connectivity index (χ1) is 25.8. The Hall–Kier alpha value is -6.69. The van der Waals surface area contributed by atoms with E-state index in [9.17, 15) is 0 Å². The average Bonchev–Trinajstić information content (AvgIpc) is 3.76. The van der Waals surface area contributed by atoms with Gasteiger partial charge in [0.25, 0.3) is 0 Å². The van der Waals surface area contributed by atoms with E-state index in [1.807, 2.05) is 18.2 Å². The molecule has 0 aliphatic heterocycles. The Labute approximate surface area is 302 Å². The largest absolute Gasteiger partial charge is 0.309 e. The molecule has 11 aromatic rings. The maximum Gasteiger partial charge on any atom is 0.165 e. The van der Waals surface area contributed by atoms with Crippen molar-refractivity contribution in [3.05, 3.63) is 170 Å². The Morgan fingerprint density at radius 3 is 1.98 bits per heavy atom. The molecule has 0 unspecified atom stereocenters. The van der Waals surface area contributed by atoms with Crippen molar-refractivity contribution in [3.8, 4) is 39.9 Å². The highest BCUT2D eigenvalue weighted by Crippen LogP contribution is 2.42. The fraction of sp³-hybridized carbons (Fsp3) is 0. The number of fused-ring (bicyclic) bond motifs is 9. The smallest absolute Gasteiger partial charge is 0.165 e. The number of thiophene rings is 1. The van der Waals surface area contributed by atoms with Crippen LogP contribution >= 0.6 is 11.3 Å². The van der Waals surface area contributed by atoms with E-state index in [0.717, 1.165) is 32.5 Å². The van der Waals surface area contributed by atoms with Crippen molar-refractivity contribution in [2.75, 3.05) is 0 Å². The Balaban J connectivity index is 1.11. The summed E-state index contributed by atoms with van der Waals surface area (Å²) in [5, 5.41) is 9.85. The van der Waals surface area contributed by atoms with Gasteiger partial charge < -0.3 is 4.57 Å². The highest BCUT2D eigenvalue weighted by Gasteiger charge is 2.19. The zero-order valence-corrected chi connectivity index (χ0v) is 28.7. The van der Waals surface area contributed by atoms with Crippen molar-refractivity contribution < 1.29 is 0 Å². The predicted molar refractivity (Wildman–Crippen MR) is 218 cm³/mol. The third-order valence-electron chi connectivity index (χ3n) is 10.2. The summed E-state index contributed by atoms with van der Waals surface area (Å²) in [6, 6.07) is 60.3. The van der Waals surface area contributed by atoms with Crippen molar-refractivity contribution in [2.45, 2.75) is 0 Å². The summed E-state index contributed by atoms with van der Waals surface area (Å²) in [5.41, 5.74) is 6.49. The maximum atomic E-state index is 5.16. The highest BCUT2D eigenvalue weighted by molar-refractivity contribution is 7.26. The number of rotatable bonds is 4. The van der Waals surface area contributed by atoms with E-state index < -0.39 is 0 Å². The minimum absolute atomic E-state index is 0.660. The number of hydrogen-bond acceptors (Lipinski definition) is 4. The molecule has 4 nitrogen and oxygen atoms in total. The number of aromatic nitrogens is 4. The van der Waals surface area contributed by atoms with Crippen molar-refractivity contribution in [3.63, 3.8) is 0 Å². The van der Waals surface area contributed by atoms with Gasteiger partial charge in [0.1, 0.15) is 0 Å². The van der Waals surface area contributed by atoms with Gasteiger partial charge in [0.05, 0.1) is 11.0 Å². The van der Waals surface area contributed by atoms with Gasteiger partial charge in [-0.15, -0.1) is 11.3 Å². The molecule has 0 bridgehead atoms. The van der Waals surface area contributed by atoms with Gasteiger partial charge in [-0.1, -0.05) is 133 Å². The predicted octanol–water partition coefficient (Wildman–Crippen LogP) is 12.6. The van der Waals surface area contributed by atoms with Crippen LogP contribution in [0.25, 0.3) is 103 Å². The summed E-state index contributed by atoms with van der Waals surface area (Å²) in [4.78, 5) is 15.3. The van der Waals surface area contributed by atoms with Crippen LogP contribution in [-0.2, 0) is 0 Å². The van der Waals surface area contributed by atoms with Crippen molar-refractivity contribution in [1.82, 2.24) is 19.5 Å². The number of hydrogen-bond donors (Lipinski definition) is 0. The molecule has 0 radical (unpaired) electrons. The topological polar surface area (TPSA) is 43.6 Å². The third-order valence-corrected chi connectivity index (χ3v) is 11.4. The van der Waals surface area contributed by atoms with E-state index in [-0.39, 0.29) is 0 Å². The Morgan fingerprint density at radius 1 is 0.404 bits per heavy atom. The summed E-state index contributed by atoms with van der Waals surface area (Å²) in [6.45, 7) is 0. The molecule has 52 heavy (non-hydrogen) atoms. The summed E-state index contributed by atoms with van der Waals surface area (Å²) in [6.07, 6.45) is 0. The Morgan fingerprint density at radius 2 is 1.10 bits per heavy atom. The molecule has 5 heteroatoms. The van der Waals surface area contributed by atoms with Gasteiger partial charge in [0.15, 0.2) is 17.5 Å². The minimum Gasteiger partial charge on any atom is -0.309 e. The van der Waals surface area contributed by atoms with Crippen LogP contribution in [0.2, 0.25) is 0 Å². The lowest BCUT2D eigenvalue weighted by atomic mass is 10.0. The molecule has 0 amide bonds. The maximum absolute atomic E-state index is 5.16. The molecule has 3 aromatic heterocycles. The first-order valence-electron chi connectivity index (χ1n) is 17.4. The summed E-state index contributed by atoms with van der Waals surface area (Å²) in [5.74, 6) is 1.99. The van der Waals surface area contributed by atoms with E-state index in [4.69, 9.17) is 15.0 Å². The lowest BCUT2D eigenvalue weighted by molar-refractivity contribution is 1.08. The van der Waals surface area contributed by atoms with Crippen molar-refractivity contribution in [2.24, 2.45) is 0 Å². The molecule has 11 rings (SSSR count).